The minimum Gasteiger partial charge on any atom is -0.490 e. The Bertz CT molecular complexity index is 822. The number of nitrogen functional groups attached to an aromatic ring is 1. The highest BCUT2D eigenvalue weighted by atomic mass is 32.2. The second kappa shape index (κ2) is 10.0. The number of hydrogen-bond acceptors (Lipinski definition) is 6. The van der Waals surface area contributed by atoms with Gasteiger partial charge in [-0.2, -0.15) is 0 Å². The molecule has 6 nitrogen and oxygen atoms in total. The van der Waals surface area contributed by atoms with E-state index in [2.05, 4.69) is 5.32 Å². The zero-order valence-corrected chi connectivity index (χ0v) is 17.4. The van der Waals surface area contributed by atoms with Gasteiger partial charge in [0.15, 0.2) is 6.04 Å². The quantitative estimate of drug-likeness (QED) is 0.252. The molecule has 0 heterocycles. The maximum absolute atomic E-state index is 12.6. The highest BCUT2D eigenvalue weighted by Crippen LogP contribution is 2.33. The first kappa shape index (κ1) is 21.6. The molecule has 0 spiro atoms. The molecule has 2 aromatic rings. The average molecular weight is 402 g/mol. The molecule has 0 aliphatic carbocycles. The predicted octanol–water partition coefficient (Wildman–Crippen LogP) is 4.20. The summed E-state index contributed by atoms with van der Waals surface area (Å²) in [6, 6.07) is 12.1. The molecule has 2 rings (SSSR count). The molecule has 1 atom stereocenters. The van der Waals surface area contributed by atoms with Crippen LogP contribution in [0.1, 0.15) is 37.9 Å². The first-order valence-corrected chi connectivity index (χ1v) is 10.3. The molecule has 0 aliphatic heterocycles. The van der Waals surface area contributed by atoms with Gasteiger partial charge in [-0.25, -0.2) is 4.79 Å². The normalized spacial score (nSPS) is 11.8. The Labute approximate surface area is 170 Å². The second-order valence-corrected chi connectivity index (χ2v) is 7.25. The number of nitrogens with one attached hydrogen (secondary N) is 2. The van der Waals surface area contributed by atoms with Gasteiger partial charge in [-0.05, 0) is 69.0 Å². The molecule has 2 aromatic carbocycles. The Kier molecular flexibility index (Phi) is 7.75. The molecule has 0 aromatic heterocycles. The van der Waals surface area contributed by atoms with Crippen LogP contribution in [0.5, 0.6) is 5.75 Å². The molecule has 0 radical (unpaired) electrons. The standard InChI is InChI=1S/C21H27N3O3S/c1-5-26-21(25)19(24-16-9-6-14(7-10-16)20(22)23)15-8-11-17(27-13(2)3)18(12-15)28-4/h6-13,19,24H,5H2,1-4H3,(H3,22,23). The van der Waals surface area contributed by atoms with Crippen molar-refractivity contribution in [3.8, 4) is 5.75 Å². The fourth-order valence-corrected chi connectivity index (χ4v) is 3.20. The number of carbonyl (C=O) groups is 1. The third-order valence-corrected chi connectivity index (χ3v) is 4.67. The van der Waals surface area contributed by atoms with E-state index < -0.39 is 6.04 Å². The lowest BCUT2D eigenvalue weighted by atomic mass is 10.1. The Morgan fingerprint density at radius 3 is 2.43 bits per heavy atom. The van der Waals surface area contributed by atoms with Crippen LogP contribution in [0.4, 0.5) is 5.69 Å². The molecular weight excluding hydrogens is 374 g/mol. The highest BCUT2D eigenvalue weighted by Gasteiger charge is 2.23. The van der Waals surface area contributed by atoms with Gasteiger partial charge in [0.2, 0.25) is 0 Å². The van der Waals surface area contributed by atoms with Gasteiger partial charge in [-0.3, -0.25) is 5.41 Å². The number of esters is 1. The maximum Gasteiger partial charge on any atom is 0.333 e. The molecule has 1 unspecified atom stereocenters. The molecular formula is C21H27N3O3S. The van der Waals surface area contributed by atoms with Crippen molar-refractivity contribution < 1.29 is 14.3 Å². The third-order valence-electron chi connectivity index (χ3n) is 3.91. The van der Waals surface area contributed by atoms with Crippen LogP contribution in [0.2, 0.25) is 0 Å². The molecule has 150 valence electrons. The highest BCUT2D eigenvalue weighted by molar-refractivity contribution is 7.98. The largest absolute Gasteiger partial charge is 0.490 e. The summed E-state index contributed by atoms with van der Waals surface area (Å²) in [5.41, 5.74) is 7.64. The number of benzene rings is 2. The van der Waals surface area contributed by atoms with Crippen LogP contribution in [0.3, 0.4) is 0 Å². The lowest BCUT2D eigenvalue weighted by Crippen LogP contribution is -2.23. The van der Waals surface area contributed by atoms with Crippen molar-refractivity contribution in [1.29, 1.82) is 5.41 Å². The van der Waals surface area contributed by atoms with Crippen LogP contribution >= 0.6 is 11.8 Å². The smallest absolute Gasteiger partial charge is 0.333 e. The summed E-state index contributed by atoms with van der Waals surface area (Å²) in [5.74, 6) is 0.432. The summed E-state index contributed by atoms with van der Waals surface area (Å²) < 4.78 is 11.1. The minimum absolute atomic E-state index is 0.00107. The number of amidine groups is 1. The summed E-state index contributed by atoms with van der Waals surface area (Å²) in [5, 5.41) is 10.7. The maximum atomic E-state index is 12.6. The van der Waals surface area contributed by atoms with Gasteiger partial charge in [0.1, 0.15) is 11.6 Å². The van der Waals surface area contributed by atoms with Crippen molar-refractivity contribution in [1.82, 2.24) is 0 Å². The third kappa shape index (κ3) is 5.66. The molecule has 4 N–H and O–H groups in total. The second-order valence-electron chi connectivity index (χ2n) is 6.40. The van der Waals surface area contributed by atoms with Crippen LogP contribution in [-0.4, -0.2) is 30.8 Å². The van der Waals surface area contributed by atoms with E-state index in [9.17, 15) is 4.79 Å². The summed E-state index contributed by atoms with van der Waals surface area (Å²) >= 11 is 1.56. The average Bonchev–Trinajstić information content (AvgIpc) is 2.66. The molecule has 28 heavy (non-hydrogen) atoms. The molecule has 7 heteroatoms. The van der Waals surface area contributed by atoms with Crippen molar-refractivity contribution in [2.75, 3.05) is 18.2 Å². The number of thioether (sulfide) groups is 1. The molecule has 0 fully saturated rings. The topological polar surface area (TPSA) is 97.4 Å². The number of anilines is 1. The first-order valence-electron chi connectivity index (χ1n) is 9.08. The fourth-order valence-electron chi connectivity index (χ4n) is 2.63. The van der Waals surface area contributed by atoms with Gasteiger partial charge < -0.3 is 20.5 Å². The number of nitrogens with two attached hydrogens (primary N) is 1. The molecule has 0 saturated carbocycles. The number of rotatable bonds is 9. The van der Waals surface area contributed by atoms with Gasteiger partial charge in [0.05, 0.1) is 12.7 Å². The van der Waals surface area contributed by atoms with E-state index in [1.54, 1.807) is 43.0 Å². The van der Waals surface area contributed by atoms with Crippen molar-refractivity contribution in [2.45, 2.75) is 37.8 Å². The van der Waals surface area contributed by atoms with E-state index >= 15 is 0 Å². The van der Waals surface area contributed by atoms with Crippen molar-refractivity contribution in [3.63, 3.8) is 0 Å². The van der Waals surface area contributed by atoms with Crippen molar-refractivity contribution in [3.05, 3.63) is 53.6 Å². The number of ether oxygens (including phenoxy) is 2. The summed E-state index contributed by atoms with van der Waals surface area (Å²) in [6.45, 7) is 6.03. The minimum atomic E-state index is -0.665. The lowest BCUT2D eigenvalue weighted by Gasteiger charge is -2.21. The zero-order valence-electron chi connectivity index (χ0n) is 16.6. The van der Waals surface area contributed by atoms with Crippen LogP contribution in [-0.2, 0) is 9.53 Å². The lowest BCUT2D eigenvalue weighted by molar-refractivity contribution is -0.144. The van der Waals surface area contributed by atoms with Crippen LogP contribution in [0.15, 0.2) is 47.4 Å². The Morgan fingerprint density at radius 1 is 1.21 bits per heavy atom. The molecule has 0 saturated heterocycles. The van der Waals surface area contributed by atoms with Gasteiger partial charge in [0.25, 0.3) is 0 Å². The molecule has 0 amide bonds. The van der Waals surface area contributed by atoms with E-state index in [0.717, 1.165) is 21.9 Å². The summed E-state index contributed by atoms with van der Waals surface area (Å²) in [4.78, 5) is 13.6. The van der Waals surface area contributed by atoms with Gasteiger partial charge >= 0.3 is 5.97 Å². The van der Waals surface area contributed by atoms with E-state index in [0.29, 0.717) is 12.2 Å². The van der Waals surface area contributed by atoms with Crippen molar-refractivity contribution in [2.24, 2.45) is 5.73 Å². The number of carbonyl (C=O) groups excluding carboxylic acids is 1. The predicted molar refractivity (Wildman–Crippen MR) is 114 cm³/mol. The zero-order chi connectivity index (χ0) is 20.7. The monoisotopic (exact) mass is 401 g/mol. The van der Waals surface area contributed by atoms with Gasteiger partial charge in [0, 0.05) is 16.1 Å². The van der Waals surface area contributed by atoms with Crippen LogP contribution in [0.25, 0.3) is 0 Å². The Hall–Kier alpha value is -2.67. The van der Waals surface area contributed by atoms with Gasteiger partial charge in [-0.15, -0.1) is 11.8 Å². The van der Waals surface area contributed by atoms with E-state index in [-0.39, 0.29) is 17.9 Å². The molecule has 0 bridgehead atoms. The van der Waals surface area contributed by atoms with Crippen LogP contribution in [0, 0.1) is 5.41 Å². The molecule has 0 aliphatic rings. The SMILES string of the molecule is CCOC(=O)C(Nc1ccc(C(=N)N)cc1)c1ccc(OC(C)C)c(SC)c1. The van der Waals surface area contributed by atoms with Crippen LogP contribution < -0.4 is 15.8 Å². The van der Waals surface area contributed by atoms with E-state index in [1.807, 2.05) is 38.3 Å². The summed E-state index contributed by atoms with van der Waals surface area (Å²) in [6.07, 6.45) is 2.04. The number of hydrogen-bond donors (Lipinski definition) is 3. The first-order chi connectivity index (χ1) is 13.3. The fraction of sp³-hybridized carbons (Fsp3) is 0.333. The Morgan fingerprint density at radius 2 is 1.89 bits per heavy atom. The Balaban J connectivity index is 2.34. The van der Waals surface area contributed by atoms with Gasteiger partial charge in [-0.1, -0.05) is 6.07 Å². The summed E-state index contributed by atoms with van der Waals surface area (Å²) in [7, 11) is 0. The van der Waals surface area contributed by atoms with E-state index in [1.165, 1.54) is 0 Å². The van der Waals surface area contributed by atoms with E-state index in [4.69, 9.17) is 20.6 Å². The van der Waals surface area contributed by atoms with Crippen molar-refractivity contribution >= 4 is 29.3 Å².